The molecule has 1 aromatic heterocycles. The van der Waals surface area contributed by atoms with E-state index in [1.807, 2.05) is 12.1 Å². The van der Waals surface area contributed by atoms with Gasteiger partial charge in [-0.2, -0.15) is 0 Å². The summed E-state index contributed by atoms with van der Waals surface area (Å²) in [6.45, 7) is 4.82. The number of aromatic nitrogens is 1. The lowest BCUT2D eigenvalue weighted by atomic mass is 10.0. The Labute approximate surface area is 83.5 Å². The van der Waals surface area contributed by atoms with Crippen LogP contribution < -0.4 is 5.32 Å². The Morgan fingerprint density at radius 3 is 2.93 bits per heavy atom. The number of hydrogen-bond acceptors (Lipinski definition) is 2. The third-order valence-corrected chi connectivity index (χ3v) is 2.49. The van der Waals surface area contributed by atoms with Crippen molar-refractivity contribution in [3.05, 3.63) is 29.1 Å². The molecular formula is C11H14N2O. The summed E-state index contributed by atoms with van der Waals surface area (Å²) >= 11 is 0. The first-order chi connectivity index (χ1) is 6.66. The number of carbonyl (C=O) groups excluding carboxylic acids is 1. The van der Waals surface area contributed by atoms with Gasteiger partial charge in [-0.15, -0.1) is 0 Å². The van der Waals surface area contributed by atoms with Crippen molar-refractivity contribution in [3.63, 3.8) is 0 Å². The minimum absolute atomic E-state index is 0.0941. The number of pyridine rings is 1. The molecule has 0 fully saturated rings. The Balaban J connectivity index is 2.36. The first kappa shape index (κ1) is 9.19. The van der Waals surface area contributed by atoms with Crippen molar-refractivity contribution in [2.75, 3.05) is 0 Å². The van der Waals surface area contributed by atoms with Gasteiger partial charge in [-0.05, 0) is 17.5 Å². The summed E-state index contributed by atoms with van der Waals surface area (Å²) < 4.78 is 0. The van der Waals surface area contributed by atoms with Crippen molar-refractivity contribution < 1.29 is 4.79 Å². The molecule has 2 rings (SSSR count). The Bertz CT molecular complexity index is 372. The maximum absolute atomic E-state index is 11.1. The van der Waals surface area contributed by atoms with Crippen LogP contribution in [-0.2, 0) is 17.8 Å². The number of nitrogens with zero attached hydrogens (tertiary/aromatic N) is 1. The van der Waals surface area contributed by atoms with E-state index in [4.69, 9.17) is 0 Å². The molecule has 0 aliphatic carbocycles. The van der Waals surface area contributed by atoms with Crippen molar-refractivity contribution in [1.82, 2.24) is 10.3 Å². The number of nitrogens with one attached hydrogen (secondary N) is 1. The van der Waals surface area contributed by atoms with Crippen LogP contribution >= 0.6 is 0 Å². The number of amides is 1. The maximum Gasteiger partial charge on any atom is 0.224 e. The second-order valence-electron chi connectivity index (χ2n) is 3.95. The molecule has 0 radical (unpaired) electrons. The van der Waals surface area contributed by atoms with E-state index in [1.54, 1.807) is 0 Å². The van der Waals surface area contributed by atoms with Gasteiger partial charge >= 0.3 is 0 Å². The van der Waals surface area contributed by atoms with Crippen LogP contribution in [0.2, 0.25) is 0 Å². The fourth-order valence-electron chi connectivity index (χ4n) is 1.60. The highest BCUT2D eigenvalue weighted by atomic mass is 16.1. The monoisotopic (exact) mass is 190 g/mol. The van der Waals surface area contributed by atoms with Gasteiger partial charge in [-0.25, -0.2) is 0 Å². The topological polar surface area (TPSA) is 42.0 Å². The second-order valence-corrected chi connectivity index (χ2v) is 3.95. The molecule has 74 valence electrons. The number of carbonyl (C=O) groups is 1. The quantitative estimate of drug-likeness (QED) is 0.726. The maximum atomic E-state index is 11.1. The molecule has 0 spiro atoms. The summed E-state index contributed by atoms with van der Waals surface area (Å²) in [7, 11) is 0. The van der Waals surface area contributed by atoms with E-state index >= 15 is 0 Å². The minimum Gasteiger partial charge on any atom is -0.350 e. The zero-order valence-electron chi connectivity index (χ0n) is 8.50. The van der Waals surface area contributed by atoms with Gasteiger partial charge in [-0.3, -0.25) is 9.78 Å². The van der Waals surface area contributed by atoms with Gasteiger partial charge in [0.15, 0.2) is 0 Å². The molecule has 14 heavy (non-hydrogen) atoms. The third-order valence-electron chi connectivity index (χ3n) is 2.49. The van der Waals surface area contributed by atoms with Gasteiger partial charge in [0, 0.05) is 5.69 Å². The Hall–Kier alpha value is -1.38. The zero-order chi connectivity index (χ0) is 10.1. The highest BCUT2D eigenvalue weighted by Crippen LogP contribution is 2.17. The first-order valence-corrected chi connectivity index (χ1v) is 4.92. The smallest absolute Gasteiger partial charge is 0.224 e. The summed E-state index contributed by atoms with van der Waals surface area (Å²) in [5, 5.41) is 2.80. The van der Waals surface area contributed by atoms with Crippen molar-refractivity contribution in [3.8, 4) is 0 Å². The van der Waals surface area contributed by atoms with Gasteiger partial charge < -0.3 is 5.32 Å². The van der Waals surface area contributed by atoms with Crippen LogP contribution in [0.3, 0.4) is 0 Å². The lowest BCUT2D eigenvalue weighted by Crippen LogP contribution is -2.31. The van der Waals surface area contributed by atoms with Crippen molar-refractivity contribution in [1.29, 1.82) is 0 Å². The molecule has 0 saturated heterocycles. The molecule has 0 aromatic carbocycles. The summed E-state index contributed by atoms with van der Waals surface area (Å²) in [6, 6.07) is 4.04. The molecule has 0 atom stereocenters. The predicted molar refractivity (Wildman–Crippen MR) is 53.9 cm³/mol. The van der Waals surface area contributed by atoms with Gasteiger partial charge in [0.2, 0.25) is 5.91 Å². The SMILES string of the molecule is CC(C)c1ccc2c(n1)CNC(=O)C2. The highest BCUT2D eigenvalue weighted by molar-refractivity contribution is 5.80. The molecule has 1 N–H and O–H groups in total. The molecule has 3 heteroatoms. The van der Waals surface area contributed by atoms with E-state index in [2.05, 4.69) is 24.1 Å². The van der Waals surface area contributed by atoms with E-state index in [1.165, 1.54) is 0 Å². The number of hydrogen-bond donors (Lipinski definition) is 1. The van der Waals surface area contributed by atoms with Crippen LogP contribution in [0.25, 0.3) is 0 Å². The van der Waals surface area contributed by atoms with E-state index in [0.29, 0.717) is 18.9 Å². The van der Waals surface area contributed by atoms with Crippen LogP contribution in [0, 0.1) is 0 Å². The van der Waals surface area contributed by atoms with Crippen LogP contribution in [0.1, 0.15) is 36.7 Å². The lowest BCUT2D eigenvalue weighted by Gasteiger charge is -2.17. The van der Waals surface area contributed by atoms with E-state index < -0.39 is 0 Å². The molecule has 1 aromatic rings. The van der Waals surface area contributed by atoms with Crippen molar-refractivity contribution >= 4 is 5.91 Å². The Kier molecular flexibility index (Phi) is 2.23. The van der Waals surface area contributed by atoms with Gasteiger partial charge in [0.05, 0.1) is 18.7 Å². The van der Waals surface area contributed by atoms with E-state index in [9.17, 15) is 4.79 Å². The molecule has 1 amide bonds. The predicted octanol–water partition coefficient (Wildman–Crippen LogP) is 1.38. The molecular weight excluding hydrogens is 176 g/mol. The zero-order valence-corrected chi connectivity index (χ0v) is 8.50. The van der Waals surface area contributed by atoms with Crippen LogP contribution in [0.5, 0.6) is 0 Å². The lowest BCUT2D eigenvalue weighted by molar-refractivity contribution is -0.121. The summed E-state index contributed by atoms with van der Waals surface area (Å²) in [5.41, 5.74) is 3.19. The fourth-order valence-corrected chi connectivity index (χ4v) is 1.60. The van der Waals surface area contributed by atoms with E-state index in [-0.39, 0.29) is 5.91 Å². The molecule has 0 unspecified atom stereocenters. The summed E-state index contributed by atoms with van der Waals surface area (Å²) in [4.78, 5) is 15.6. The molecule has 3 nitrogen and oxygen atoms in total. The molecule has 0 saturated carbocycles. The largest absolute Gasteiger partial charge is 0.350 e. The Morgan fingerprint density at radius 1 is 1.43 bits per heavy atom. The average molecular weight is 190 g/mol. The van der Waals surface area contributed by atoms with Gasteiger partial charge in [-0.1, -0.05) is 19.9 Å². The molecule has 0 bridgehead atoms. The fraction of sp³-hybridized carbons (Fsp3) is 0.455. The normalized spacial score (nSPS) is 15.2. The molecule has 1 aliphatic heterocycles. The summed E-state index contributed by atoms with van der Waals surface area (Å²) in [6.07, 6.45) is 0.473. The Morgan fingerprint density at radius 2 is 2.21 bits per heavy atom. The minimum atomic E-state index is 0.0941. The number of rotatable bonds is 1. The second kappa shape index (κ2) is 3.40. The van der Waals surface area contributed by atoms with Crippen LogP contribution in [0.15, 0.2) is 12.1 Å². The molecule has 2 heterocycles. The van der Waals surface area contributed by atoms with Crippen molar-refractivity contribution in [2.45, 2.75) is 32.7 Å². The molecule has 1 aliphatic rings. The standard InChI is InChI=1S/C11H14N2O/c1-7(2)9-4-3-8-5-11(14)12-6-10(8)13-9/h3-4,7H,5-6H2,1-2H3,(H,12,14). The van der Waals surface area contributed by atoms with Crippen molar-refractivity contribution in [2.24, 2.45) is 0 Å². The van der Waals surface area contributed by atoms with Crippen LogP contribution in [0.4, 0.5) is 0 Å². The van der Waals surface area contributed by atoms with Gasteiger partial charge in [0.25, 0.3) is 0 Å². The highest BCUT2D eigenvalue weighted by Gasteiger charge is 2.16. The third kappa shape index (κ3) is 1.62. The first-order valence-electron chi connectivity index (χ1n) is 4.92. The average Bonchev–Trinajstić information content (AvgIpc) is 2.16. The van der Waals surface area contributed by atoms with E-state index in [0.717, 1.165) is 17.0 Å². The van der Waals surface area contributed by atoms with Gasteiger partial charge in [0.1, 0.15) is 0 Å². The number of fused-ring (bicyclic) bond motifs is 1. The summed E-state index contributed by atoms with van der Waals surface area (Å²) in [5.74, 6) is 0.537. The van der Waals surface area contributed by atoms with Crippen LogP contribution in [-0.4, -0.2) is 10.9 Å².